The van der Waals surface area contributed by atoms with Gasteiger partial charge >= 0.3 is 5.97 Å². The fraction of sp³-hybridized carbons (Fsp3) is 0.958. The molecule has 0 aromatic rings. The van der Waals surface area contributed by atoms with Crippen LogP contribution >= 0.6 is 0 Å². The van der Waals surface area contributed by atoms with E-state index in [9.17, 15) is 9.90 Å². The molecule has 2 N–H and O–H groups in total. The lowest BCUT2D eigenvalue weighted by Gasteiger charge is -2.61. The summed E-state index contributed by atoms with van der Waals surface area (Å²) in [6.07, 6.45) is 12.4. The molecule has 27 heavy (non-hydrogen) atoms. The van der Waals surface area contributed by atoms with Gasteiger partial charge in [-0.2, -0.15) is 0 Å². The zero-order valence-electron chi connectivity index (χ0n) is 17.6. The molecule has 9 atom stereocenters. The van der Waals surface area contributed by atoms with Gasteiger partial charge in [-0.3, -0.25) is 4.79 Å². The van der Waals surface area contributed by atoms with Crippen LogP contribution in [0.15, 0.2) is 0 Å². The number of carboxylic acids is 1. The Morgan fingerprint density at radius 1 is 1.00 bits per heavy atom. The van der Waals surface area contributed by atoms with Crippen LogP contribution in [0.5, 0.6) is 0 Å². The van der Waals surface area contributed by atoms with Crippen molar-refractivity contribution in [2.45, 2.75) is 97.5 Å². The van der Waals surface area contributed by atoms with Crippen molar-refractivity contribution in [2.75, 3.05) is 0 Å². The Balaban J connectivity index is 1.51. The van der Waals surface area contributed by atoms with Gasteiger partial charge < -0.3 is 10.2 Å². The number of carbonyl (C=O) groups is 1. The van der Waals surface area contributed by atoms with Gasteiger partial charge in [0.05, 0.1) is 6.10 Å². The van der Waals surface area contributed by atoms with Crippen molar-refractivity contribution in [3.05, 3.63) is 0 Å². The Morgan fingerprint density at radius 3 is 2.44 bits per heavy atom. The van der Waals surface area contributed by atoms with E-state index in [1.165, 1.54) is 44.9 Å². The highest BCUT2D eigenvalue weighted by Gasteiger charge is 2.60. The van der Waals surface area contributed by atoms with E-state index in [2.05, 4.69) is 20.8 Å². The summed E-state index contributed by atoms with van der Waals surface area (Å²) in [6.45, 7) is 7.43. The summed E-state index contributed by atoms with van der Waals surface area (Å²) < 4.78 is 0. The van der Waals surface area contributed by atoms with Crippen molar-refractivity contribution in [1.82, 2.24) is 0 Å². The summed E-state index contributed by atoms with van der Waals surface area (Å²) in [5.74, 6) is 3.91. The van der Waals surface area contributed by atoms with E-state index in [4.69, 9.17) is 5.11 Å². The Bertz CT molecular complexity index is 574. The number of hydrogen-bond acceptors (Lipinski definition) is 2. The Kier molecular flexibility index (Phi) is 5.15. The molecule has 0 unspecified atom stereocenters. The summed E-state index contributed by atoms with van der Waals surface area (Å²) in [6, 6.07) is 0. The maximum atomic E-state index is 11.0. The van der Waals surface area contributed by atoms with E-state index in [0.717, 1.165) is 42.9 Å². The first-order valence-electron chi connectivity index (χ1n) is 11.7. The zero-order chi connectivity index (χ0) is 19.4. The molecule has 154 valence electrons. The maximum Gasteiger partial charge on any atom is 0.303 e. The second kappa shape index (κ2) is 7.04. The molecule has 0 heterocycles. The molecule has 0 bridgehead atoms. The quantitative estimate of drug-likeness (QED) is 0.680. The third-order valence-electron chi connectivity index (χ3n) is 10.2. The number of aliphatic carboxylic acids is 1. The van der Waals surface area contributed by atoms with Crippen LogP contribution in [0.3, 0.4) is 0 Å². The molecule has 0 amide bonds. The topological polar surface area (TPSA) is 57.5 Å². The van der Waals surface area contributed by atoms with Crippen molar-refractivity contribution in [3.8, 4) is 0 Å². The molecule has 0 radical (unpaired) electrons. The van der Waals surface area contributed by atoms with Gasteiger partial charge in [0.25, 0.3) is 0 Å². The van der Waals surface area contributed by atoms with Crippen LogP contribution in [0.25, 0.3) is 0 Å². The lowest BCUT2D eigenvalue weighted by atomic mass is 9.44. The number of hydrogen-bond donors (Lipinski definition) is 2. The predicted octanol–water partition coefficient (Wildman–Crippen LogP) is 5.51. The van der Waals surface area contributed by atoms with E-state index in [-0.39, 0.29) is 6.10 Å². The highest BCUT2D eigenvalue weighted by atomic mass is 16.4. The van der Waals surface area contributed by atoms with Crippen LogP contribution in [0, 0.1) is 46.3 Å². The monoisotopic (exact) mass is 376 g/mol. The molecule has 3 heteroatoms. The molecule has 0 aromatic heterocycles. The van der Waals surface area contributed by atoms with Crippen molar-refractivity contribution in [1.29, 1.82) is 0 Å². The van der Waals surface area contributed by atoms with Crippen molar-refractivity contribution in [2.24, 2.45) is 46.3 Å². The van der Waals surface area contributed by atoms with Crippen LogP contribution in [-0.2, 0) is 4.79 Å². The van der Waals surface area contributed by atoms with E-state index < -0.39 is 5.97 Å². The van der Waals surface area contributed by atoms with E-state index in [1.807, 2.05) is 0 Å². The van der Waals surface area contributed by atoms with Crippen LogP contribution in [-0.4, -0.2) is 22.3 Å². The van der Waals surface area contributed by atoms with Crippen molar-refractivity contribution >= 4 is 5.97 Å². The molecule has 4 aliphatic carbocycles. The second-order valence-electron chi connectivity index (χ2n) is 11.2. The predicted molar refractivity (Wildman–Crippen MR) is 107 cm³/mol. The normalized spacial score (nSPS) is 50.4. The molecule has 4 saturated carbocycles. The van der Waals surface area contributed by atoms with Gasteiger partial charge in [0.15, 0.2) is 0 Å². The van der Waals surface area contributed by atoms with Crippen LogP contribution in [0.2, 0.25) is 0 Å². The number of carboxylic acid groups (broad SMARTS) is 1. The highest BCUT2D eigenvalue weighted by molar-refractivity contribution is 5.66. The number of fused-ring (bicyclic) bond motifs is 5. The minimum Gasteiger partial charge on any atom is -0.481 e. The molecule has 3 nitrogen and oxygen atoms in total. The average molecular weight is 377 g/mol. The van der Waals surface area contributed by atoms with Crippen LogP contribution in [0.1, 0.15) is 91.4 Å². The van der Waals surface area contributed by atoms with Gasteiger partial charge in [0.1, 0.15) is 0 Å². The Hall–Kier alpha value is -0.570. The van der Waals surface area contributed by atoms with Gasteiger partial charge in [0, 0.05) is 6.42 Å². The zero-order valence-corrected chi connectivity index (χ0v) is 17.6. The van der Waals surface area contributed by atoms with Gasteiger partial charge in [-0.1, -0.05) is 20.8 Å². The minimum atomic E-state index is -0.643. The third-order valence-corrected chi connectivity index (χ3v) is 10.2. The van der Waals surface area contributed by atoms with E-state index in [1.54, 1.807) is 0 Å². The smallest absolute Gasteiger partial charge is 0.303 e. The number of aliphatic hydroxyl groups is 1. The molecular formula is C24H40O3. The summed E-state index contributed by atoms with van der Waals surface area (Å²) >= 11 is 0. The molecular weight excluding hydrogens is 336 g/mol. The Morgan fingerprint density at radius 2 is 1.70 bits per heavy atom. The van der Waals surface area contributed by atoms with Crippen molar-refractivity contribution < 1.29 is 15.0 Å². The summed E-state index contributed by atoms with van der Waals surface area (Å²) in [5.41, 5.74) is 0.882. The highest BCUT2D eigenvalue weighted by Crippen LogP contribution is 2.68. The van der Waals surface area contributed by atoms with Crippen LogP contribution < -0.4 is 0 Å². The van der Waals surface area contributed by atoms with Gasteiger partial charge in [-0.15, -0.1) is 0 Å². The number of rotatable bonds is 4. The first-order valence-corrected chi connectivity index (χ1v) is 11.7. The largest absolute Gasteiger partial charge is 0.481 e. The molecule has 0 aromatic carbocycles. The van der Waals surface area contributed by atoms with Crippen molar-refractivity contribution in [3.63, 3.8) is 0 Å². The summed E-state index contributed by atoms with van der Waals surface area (Å²) in [4.78, 5) is 11.0. The fourth-order valence-corrected chi connectivity index (χ4v) is 8.76. The number of aliphatic hydroxyl groups excluding tert-OH is 1. The first kappa shape index (κ1) is 19.7. The van der Waals surface area contributed by atoms with E-state index in [0.29, 0.717) is 29.1 Å². The molecule has 0 saturated heterocycles. The molecule has 0 aliphatic heterocycles. The summed E-state index contributed by atoms with van der Waals surface area (Å²) in [7, 11) is 0. The first-order chi connectivity index (χ1) is 12.8. The SMILES string of the molecule is C[C@@H](CCC(=O)O)[C@H]1CC[C@H]2[C@@H]3CC[C@H]4C[C@H](O)CC[C@]4(C)[C@H]3CC[C@]12C. The molecule has 0 spiro atoms. The lowest BCUT2D eigenvalue weighted by molar-refractivity contribution is -0.138. The maximum absolute atomic E-state index is 11.0. The molecule has 4 fully saturated rings. The second-order valence-corrected chi connectivity index (χ2v) is 11.2. The minimum absolute atomic E-state index is 0.0561. The Labute approximate surface area is 165 Å². The standard InChI is InChI=1S/C24H40O3/c1-15(4-9-22(26)27)19-7-8-20-18-6-5-16-14-17(25)10-12-23(16,2)21(18)11-13-24(19,20)3/h15-21,25H,4-14H2,1-3H3,(H,26,27)/t15-,16-,17+,18-,19+,20-,21-,23-,24+/m0/s1. The third kappa shape index (κ3) is 3.16. The van der Waals surface area contributed by atoms with Crippen LogP contribution in [0.4, 0.5) is 0 Å². The lowest BCUT2D eigenvalue weighted by Crippen LogP contribution is -2.54. The van der Waals surface area contributed by atoms with Gasteiger partial charge in [-0.05, 0) is 111 Å². The molecule has 4 aliphatic rings. The average Bonchev–Trinajstić information content (AvgIpc) is 2.97. The van der Waals surface area contributed by atoms with Gasteiger partial charge in [-0.25, -0.2) is 0 Å². The van der Waals surface area contributed by atoms with Gasteiger partial charge in [0.2, 0.25) is 0 Å². The fourth-order valence-electron chi connectivity index (χ4n) is 8.76. The summed E-state index contributed by atoms with van der Waals surface area (Å²) in [5, 5.41) is 19.3. The molecule has 4 rings (SSSR count). The van der Waals surface area contributed by atoms with E-state index >= 15 is 0 Å².